The van der Waals surface area contributed by atoms with Gasteiger partial charge >= 0.3 is 5.97 Å². The summed E-state index contributed by atoms with van der Waals surface area (Å²) < 4.78 is 40.1. The van der Waals surface area contributed by atoms with E-state index in [1.165, 1.54) is 25.3 Å². The second kappa shape index (κ2) is 7.49. The van der Waals surface area contributed by atoms with Crippen molar-refractivity contribution in [2.24, 2.45) is 0 Å². The highest BCUT2D eigenvalue weighted by atomic mass is 32.2. The van der Waals surface area contributed by atoms with Gasteiger partial charge < -0.3 is 13.9 Å². The molecule has 3 aromatic rings. The van der Waals surface area contributed by atoms with Gasteiger partial charge in [0.1, 0.15) is 22.9 Å². The number of carbonyl (C=O) groups is 1. The minimum Gasteiger partial charge on any atom is -0.495 e. The van der Waals surface area contributed by atoms with Crippen LogP contribution in [0.15, 0.2) is 47.6 Å². The van der Waals surface area contributed by atoms with Crippen LogP contribution in [0, 0.1) is 6.92 Å². The molecule has 1 aliphatic rings. The van der Waals surface area contributed by atoms with Gasteiger partial charge in [-0.25, -0.2) is 22.9 Å². The number of aromatic nitrogens is 2. The van der Waals surface area contributed by atoms with Crippen molar-refractivity contribution in [3.63, 3.8) is 0 Å². The molecule has 2 heterocycles. The Balaban J connectivity index is 1.53. The number of benzene rings is 1. The summed E-state index contributed by atoms with van der Waals surface area (Å²) in [6.07, 6.45) is 5.27. The van der Waals surface area contributed by atoms with Gasteiger partial charge in [-0.1, -0.05) is 6.07 Å². The summed E-state index contributed by atoms with van der Waals surface area (Å²) in [6, 6.07) is 8.01. The third-order valence-electron chi connectivity index (χ3n) is 4.67. The van der Waals surface area contributed by atoms with Gasteiger partial charge in [0.15, 0.2) is 0 Å². The van der Waals surface area contributed by atoms with E-state index in [0.717, 1.165) is 24.1 Å². The number of rotatable bonds is 7. The van der Waals surface area contributed by atoms with E-state index in [-0.39, 0.29) is 28.9 Å². The highest BCUT2D eigenvalue weighted by Gasteiger charge is 2.30. The van der Waals surface area contributed by atoms with Crippen molar-refractivity contribution < 1.29 is 22.7 Å². The molecule has 29 heavy (non-hydrogen) atoms. The molecule has 0 spiro atoms. The Morgan fingerprint density at radius 3 is 2.79 bits per heavy atom. The standard InChI is InChI=1S/C20H21N3O5S/c1-13-4-3-9-23-11-16(21-19(13)23)12-28-20(24)14-5-8-17(27-2)18(10-14)29(25,26)22-15-6-7-15/h3-5,8-11,15,22H,6-7,12H2,1-2H3. The lowest BCUT2D eigenvalue weighted by molar-refractivity contribution is 0.0468. The molecule has 152 valence electrons. The van der Waals surface area contributed by atoms with Crippen LogP contribution in [-0.4, -0.2) is 36.9 Å². The Morgan fingerprint density at radius 1 is 1.31 bits per heavy atom. The maximum Gasteiger partial charge on any atom is 0.338 e. The second-order valence-electron chi connectivity index (χ2n) is 6.99. The zero-order chi connectivity index (χ0) is 20.6. The monoisotopic (exact) mass is 415 g/mol. The molecule has 0 atom stereocenters. The molecule has 1 saturated carbocycles. The van der Waals surface area contributed by atoms with Gasteiger partial charge in [0.2, 0.25) is 10.0 Å². The first-order valence-electron chi connectivity index (χ1n) is 9.18. The summed E-state index contributed by atoms with van der Waals surface area (Å²) in [5.41, 5.74) is 2.53. The lowest BCUT2D eigenvalue weighted by Crippen LogP contribution is -2.26. The Bertz CT molecular complexity index is 1180. The third-order valence-corrected chi connectivity index (χ3v) is 6.21. The Hall–Kier alpha value is -2.91. The first-order chi connectivity index (χ1) is 13.9. The number of nitrogens with one attached hydrogen (secondary N) is 1. The van der Waals surface area contributed by atoms with Crippen LogP contribution in [0.4, 0.5) is 0 Å². The second-order valence-corrected chi connectivity index (χ2v) is 8.67. The minimum atomic E-state index is -3.78. The fourth-order valence-corrected chi connectivity index (χ4v) is 4.49. The number of aryl methyl sites for hydroxylation is 1. The van der Waals surface area contributed by atoms with Gasteiger partial charge in [-0.15, -0.1) is 0 Å². The van der Waals surface area contributed by atoms with Crippen molar-refractivity contribution in [2.45, 2.75) is 37.3 Å². The topological polar surface area (TPSA) is 99.0 Å². The maximum atomic E-state index is 12.6. The largest absolute Gasteiger partial charge is 0.495 e. The van der Waals surface area contributed by atoms with E-state index in [1.54, 1.807) is 6.20 Å². The third kappa shape index (κ3) is 4.10. The predicted octanol–water partition coefficient (Wildman–Crippen LogP) is 2.45. The van der Waals surface area contributed by atoms with E-state index in [2.05, 4.69) is 9.71 Å². The van der Waals surface area contributed by atoms with Gasteiger partial charge in [0, 0.05) is 18.4 Å². The number of hydrogen-bond acceptors (Lipinski definition) is 6. The van der Waals surface area contributed by atoms with Crippen molar-refractivity contribution in [3.05, 3.63) is 59.5 Å². The van der Waals surface area contributed by atoms with E-state index < -0.39 is 16.0 Å². The fraction of sp³-hybridized carbons (Fsp3) is 0.300. The van der Waals surface area contributed by atoms with Crippen LogP contribution in [0.3, 0.4) is 0 Å². The maximum absolute atomic E-state index is 12.6. The highest BCUT2D eigenvalue weighted by molar-refractivity contribution is 7.89. The number of fused-ring (bicyclic) bond motifs is 1. The van der Waals surface area contributed by atoms with E-state index >= 15 is 0 Å². The summed E-state index contributed by atoms with van der Waals surface area (Å²) in [5, 5.41) is 0. The smallest absolute Gasteiger partial charge is 0.338 e. The summed E-state index contributed by atoms with van der Waals surface area (Å²) in [5.74, 6) is -0.463. The summed E-state index contributed by atoms with van der Waals surface area (Å²) in [4.78, 5) is 16.9. The molecule has 8 nitrogen and oxygen atoms in total. The zero-order valence-corrected chi connectivity index (χ0v) is 16.9. The predicted molar refractivity (Wildman–Crippen MR) is 105 cm³/mol. The molecule has 0 bridgehead atoms. The van der Waals surface area contributed by atoms with Crippen molar-refractivity contribution in [1.82, 2.24) is 14.1 Å². The van der Waals surface area contributed by atoms with Gasteiger partial charge in [-0.05, 0) is 49.6 Å². The van der Waals surface area contributed by atoms with Gasteiger partial charge in [0.25, 0.3) is 0 Å². The summed E-state index contributed by atoms with van der Waals surface area (Å²) in [7, 11) is -2.40. The number of ether oxygens (including phenoxy) is 2. The number of pyridine rings is 1. The van der Waals surface area contributed by atoms with Crippen LogP contribution in [0.2, 0.25) is 0 Å². The molecule has 2 aromatic heterocycles. The van der Waals surface area contributed by atoms with Gasteiger partial charge in [0.05, 0.1) is 18.4 Å². The molecule has 0 aliphatic heterocycles. The molecular weight excluding hydrogens is 394 g/mol. The van der Waals surface area contributed by atoms with Crippen LogP contribution in [0.5, 0.6) is 5.75 Å². The molecule has 0 saturated heterocycles. The molecule has 0 radical (unpaired) electrons. The van der Waals surface area contributed by atoms with E-state index in [1.807, 2.05) is 29.7 Å². The Kier molecular flexibility index (Phi) is 5.01. The lowest BCUT2D eigenvalue weighted by atomic mass is 10.2. The number of esters is 1. The quantitative estimate of drug-likeness (QED) is 0.595. The molecule has 1 N–H and O–H groups in total. The molecular formula is C20H21N3O5S. The molecule has 0 amide bonds. The Morgan fingerprint density at radius 2 is 2.10 bits per heavy atom. The number of methoxy groups -OCH3 is 1. The number of nitrogens with zero attached hydrogens (tertiary/aromatic N) is 2. The zero-order valence-electron chi connectivity index (χ0n) is 16.1. The number of carbonyl (C=O) groups excluding carboxylic acids is 1. The van der Waals surface area contributed by atoms with E-state index in [4.69, 9.17) is 9.47 Å². The fourth-order valence-electron chi connectivity index (χ4n) is 2.99. The van der Waals surface area contributed by atoms with Crippen molar-refractivity contribution in [3.8, 4) is 5.75 Å². The SMILES string of the molecule is COc1ccc(C(=O)OCc2cn3cccc(C)c3n2)cc1S(=O)(=O)NC1CC1. The normalized spacial score (nSPS) is 14.1. The Labute approximate surface area is 168 Å². The van der Waals surface area contributed by atoms with E-state index in [0.29, 0.717) is 5.69 Å². The van der Waals surface area contributed by atoms with Gasteiger partial charge in [-0.2, -0.15) is 0 Å². The van der Waals surface area contributed by atoms with Crippen molar-refractivity contribution in [2.75, 3.05) is 7.11 Å². The molecule has 0 unspecified atom stereocenters. The molecule has 1 fully saturated rings. The lowest BCUT2D eigenvalue weighted by Gasteiger charge is -2.12. The van der Waals surface area contributed by atoms with E-state index in [9.17, 15) is 13.2 Å². The highest BCUT2D eigenvalue weighted by Crippen LogP contribution is 2.28. The van der Waals surface area contributed by atoms with Crippen LogP contribution in [-0.2, 0) is 21.4 Å². The number of imidazole rings is 1. The van der Waals surface area contributed by atoms with Crippen molar-refractivity contribution >= 4 is 21.6 Å². The average Bonchev–Trinajstić information content (AvgIpc) is 3.40. The molecule has 4 rings (SSSR count). The molecule has 1 aromatic carbocycles. The first-order valence-corrected chi connectivity index (χ1v) is 10.7. The molecule has 9 heteroatoms. The number of hydrogen-bond donors (Lipinski definition) is 1. The summed E-state index contributed by atoms with van der Waals surface area (Å²) in [6.45, 7) is 1.93. The molecule has 1 aliphatic carbocycles. The van der Waals surface area contributed by atoms with Crippen LogP contribution < -0.4 is 9.46 Å². The number of sulfonamides is 1. The summed E-state index contributed by atoms with van der Waals surface area (Å²) >= 11 is 0. The van der Waals surface area contributed by atoms with Crippen LogP contribution in [0.25, 0.3) is 5.65 Å². The first kappa shape index (κ1) is 19.4. The minimum absolute atomic E-state index is 0.0195. The van der Waals surface area contributed by atoms with Crippen molar-refractivity contribution in [1.29, 1.82) is 0 Å². The van der Waals surface area contributed by atoms with Crippen LogP contribution in [0.1, 0.15) is 34.5 Å². The average molecular weight is 415 g/mol. The van der Waals surface area contributed by atoms with Gasteiger partial charge in [-0.3, -0.25) is 0 Å². The van der Waals surface area contributed by atoms with Crippen LogP contribution >= 0.6 is 0 Å².